The molecular weight excluding hydrogens is 348 g/mol. The number of hydrogen-bond donors (Lipinski definition) is 3. The highest BCUT2D eigenvalue weighted by molar-refractivity contribution is 6.12. The minimum atomic E-state index is -0.368. The summed E-state index contributed by atoms with van der Waals surface area (Å²) in [6.45, 7) is 2.29. The van der Waals surface area contributed by atoms with Crippen molar-refractivity contribution < 1.29 is 19.5 Å². The lowest BCUT2D eigenvalue weighted by molar-refractivity contribution is -0.137. The van der Waals surface area contributed by atoms with Crippen LogP contribution < -0.4 is 10.6 Å². The van der Waals surface area contributed by atoms with E-state index in [2.05, 4.69) is 10.6 Å². The van der Waals surface area contributed by atoms with E-state index < -0.39 is 0 Å². The number of aromatic hydroxyl groups is 1. The van der Waals surface area contributed by atoms with E-state index in [1.54, 1.807) is 19.1 Å². The van der Waals surface area contributed by atoms with Crippen LogP contribution in [0, 0.1) is 0 Å². The van der Waals surface area contributed by atoms with E-state index in [4.69, 9.17) is 0 Å². The second-order valence-corrected chi connectivity index (χ2v) is 6.86. The molecule has 0 radical (unpaired) electrons. The van der Waals surface area contributed by atoms with E-state index >= 15 is 0 Å². The predicted octanol–water partition coefficient (Wildman–Crippen LogP) is 0.478. The number of hydrogen-bond acceptors (Lipinski definition) is 5. The molecule has 1 heterocycles. The number of phenolic OH excluding ortho intramolecular Hbond substituents is 1. The molecule has 0 saturated carbocycles. The Bertz CT molecular complexity index is 697. The van der Waals surface area contributed by atoms with Crippen molar-refractivity contribution in [1.82, 2.24) is 20.4 Å². The first-order valence-electron chi connectivity index (χ1n) is 8.78. The first-order chi connectivity index (χ1) is 12.8. The van der Waals surface area contributed by atoms with Gasteiger partial charge in [-0.1, -0.05) is 12.1 Å². The molecule has 2 rings (SSSR count). The molecule has 0 aliphatic carbocycles. The maximum Gasteiger partial charge on any atom is 0.315 e. The highest BCUT2D eigenvalue weighted by Gasteiger charge is 2.25. The number of amides is 4. The van der Waals surface area contributed by atoms with Crippen LogP contribution >= 0.6 is 0 Å². The van der Waals surface area contributed by atoms with Gasteiger partial charge in [-0.25, -0.2) is 4.79 Å². The molecule has 3 N–H and O–H groups in total. The number of carbonyl (C=O) groups excluding carboxylic acids is 3. The van der Waals surface area contributed by atoms with Crippen LogP contribution in [-0.4, -0.2) is 72.0 Å². The van der Waals surface area contributed by atoms with Crippen molar-refractivity contribution in [2.75, 3.05) is 27.2 Å². The topological polar surface area (TPSA) is 102 Å². The van der Waals surface area contributed by atoms with Crippen LogP contribution in [-0.2, 0) is 16.0 Å². The minimum Gasteiger partial charge on any atom is -0.508 e. The Balaban J connectivity index is 1.80. The van der Waals surface area contributed by atoms with Gasteiger partial charge in [0.1, 0.15) is 5.75 Å². The highest BCUT2D eigenvalue weighted by atomic mass is 16.3. The van der Waals surface area contributed by atoms with Crippen molar-refractivity contribution in [3.63, 3.8) is 0 Å². The molecule has 0 fully saturated rings. The maximum absolute atomic E-state index is 12.1. The summed E-state index contributed by atoms with van der Waals surface area (Å²) in [6, 6.07) is 6.33. The molecule has 4 amide bonds. The second kappa shape index (κ2) is 9.18. The number of phenols is 1. The third-order valence-electron chi connectivity index (χ3n) is 4.37. The smallest absolute Gasteiger partial charge is 0.315 e. The predicted molar refractivity (Wildman–Crippen MR) is 101 cm³/mol. The number of benzene rings is 1. The van der Waals surface area contributed by atoms with Crippen molar-refractivity contribution in [3.05, 3.63) is 42.0 Å². The molecule has 1 aliphatic rings. The molecule has 27 heavy (non-hydrogen) atoms. The van der Waals surface area contributed by atoms with Gasteiger partial charge in [0.25, 0.3) is 11.8 Å². The normalized spacial score (nSPS) is 15.9. The third kappa shape index (κ3) is 6.10. The van der Waals surface area contributed by atoms with Crippen LogP contribution in [0.4, 0.5) is 4.79 Å². The monoisotopic (exact) mass is 374 g/mol. The molecule has 2 atom stereocenters. The summed E-state index contributed by atoms with van der Waals surface area (Å²) in [5.41, 5.74) is 1.06. The lowest BCUT2D eigenvalue weighted by atomic mass is 10.1. The number of nitrogens with zero attached hydrogens (tertiary/aromatic N) is 2. The number of imide groups is 1. The number of urea groups is 1. The van der Waals surface area contributed by atoms with E-state index in [0.717, 1.165) is 10.5 Å². The van der Waals surface area contributed by atoms with Crippen LogP contribution in [0.1, 0.15) is 12.5 Å². The summed E-state index contributed by atoms with van der Waals surface area (Å²) < 4.78 is 0. The first kappa shape index (κ1) is 20.4. The number of nitrogens with one attached hydrogen (secondary N) is 2. The Kier molecular flexibility index (Phi) is 6.95. The first-order valence-corrected chi connectivity index (χ1v) is 8.78. The fraction of sp³-hybridized carbons (Fsp3) is 0.421. The van der Waals surface area contributed by atoms with Gasteiger partial charge in [-0.05, 0) is 45.1 Å². The van der Waals surface area contributed by atoms with Crippen LogP contribution in [0.15, 0.2) is 36.4 Å². The SMILES string of the molecule is CC(CN1C(=O)C=CC1=O)NC(=O)NCC(Cc1ccc(O)cc1)N(C)C. The Morgan fingerprint density at radius 1 is 1.15 bits per heavy atom. The average molecular weight is 374 g/mol. The van der Waals surface area contributed by atoms with Gasteiger partial charge < -0.3 is 20.6 Å². The van der Waals surface area contributed by atoms with Gasteiger partial charge in [0, 0.05) is 37.3 Å². The minimum absolute atomic E-state index is 0.0709. The zero-order chi connectivity index (χ0) is 20.0. The van der Waals surface area contributed by atoms with Gasteiger partial charge in [-0.15, -0.1) is 0 Å². The van der Waals surface area contributed by atoms with Crippen molar-refractivity contribution in [1.29, 1.82) is 0 Å². The zero-order valence-corrected chi connectivity index (χ0v) is 15.8. The third-order valence-corrected chi connectivity index (χ3v) is 4.37. The number of likely N-dealkylation sites (N-methyl/N-ethyl adjacent to an activating group) is 1. The molecule has 146 valence electrons. The Morgan fingerprint density at radius 3 is 2.30 bits per heavy atom. The van der Waals surface area contributed by atoms with Gasteiger partial charge in [0.2, 0.25) is 0 Å². The highest BCUT2D eigenvalue weighted by Crippen LogP contribution is 2.12. The van der Waals surface area contributed by atoms with E-state index in [-0.39, 0.29) is 42.2 Å². The lowest BCUT2D eigenvalue weighted by Crippen LogP contribution is -2.50. The summed E-state index contributed by atoms with van der Waals surface area (Å²) in [7, 11) is 3.87. The van der Waals surface area contributed by atoms with Crippen LogP contribution in [0.2, 0.25) is 0 Å². The van der Waals surface area contributed by atoms with Gasteiger partial charge >= 0.3 is 6.03 Å². The van der Waals surface area contributed by atoms with Gasteiger partial charge in [0.05, 0.1) is 0 Å². The zero-order valence-electron chi connectivity index (χ0n) is 15.8. The maximum atomic E-state index is 12.1. The summed E-state index contributed by atoms with van der Waals surface area (Å²) in [6.07, 6.45) is 3.16. The Hall–Kier alpha value is -2.87. The summed E-state index contributed by atoms with van der Waals surface area (Å²) in [5.74, 6) is -0.511. The summed E-state index contributed by atoms with van der Waals surface area (Å²) >= 11 is 0. The van der Waals surface area contributed by atoms with E-state index in [1.165, 1.54) is 12.2 Å². The quantitative estimate of drug-likeness (QED) is 0.575. The Labute approximate surface area is 158 Å². The van der Waals surface area contributed by atoms with Crippen molar-refractivity contribution >= 4 is 17.8 Å². The van der Waals surface area contributed by atoms with Crippen molar-refractivity contribution in [2.45, 2.75) is 25.4 Å². The molecule has 2 unspecified atom stereocenters. The van der Waals surface area contributed by atoms with Crippen molar-refractivity contribution in [3.8, 4) is 5.75 Å². The standard InChI is InChI=1S/C19H26N4O4/c1-13(12-23-17(25)8-9-18(23)26)21-19(27)20-11-15(22(2)3)10-14-4-6-16(24)7-5-14/h4-9,13,15,24H,10-12H2,1-3H3,(H2,20,21,27). The molecule has 1 aliphatic heterocycles. The molecule has 0 saturated heterocycles. The summed E-state index contributed by atoms with van der Waals surface area (Å²) in [4.78, 5) is 38.4. The van der Waals surface area contributed by atoms with Gasteiger partial charge in [0.15, 0.2) is 0 Å². The molecule has 8 nitrogen and oxygen atoms in total. The lowest BCUT2D eigenvalue weighted by Gasteiger charge is -2.26. The van der Waals surface area contributed by atoms with Gasteiger partial charge in [-0.3, -0.25) is 14.5 Å². The number of rotatable bonds is 8. The van der Waals surface area contributed by atoms with Gasteiger partial charge in [-0.2, -0.15) is 0 Å². The fourth-order valence-electron chi connectivity index (χ4n) is 2.76. The van der Waals surface area contributed by atoms with E-state index in [9.17, 15) is 19.5 Å². The van der Waals surface area contributed by atoms with E-state index in [1.807, 2.05) is 31.1 Å². The largest absolute Gasteiger partial charge is 0.508 e. The molecule has 1 aromatic carbocycles. The molecule has 0 spiro atoms. The number of carbonyl (C=O) groups is 3. The van der Waals surface area contributed by atoms with E-state index in [0.29, 0.717) is 13.0 Å². The second-order valence-electron chi connectivity index (χ2n) is 6.86. The fourth-order valence-corrected chi connectivity index (χ4v) is 2.76. The molecule has 0 aromatic heterocycles. The molecule has 8 heteroatoms. The summed E-state index contributed by atoms with van der Waals surface area (Å²) in [5, 5.41) is 14.9. The van der Waals surface area contributed by atoms with Crippen LogP contribution in [0.5, 0.6) is 5.75 Å². The average Bonchev–Trinajstić information content (AvgIpc) is 2.91. The van der Waals surface area contributed by atoms with Crippen LogP contribution in [0.3, 0.4) is 0 Å². The van der Waals surface area contributed by atoms with Crippen molar-refractivity contribution in [2.24, 2.45) is 0 Å². The van der Waals surface area contributed by atoms with Crippen LogP contribution in [0.25, 0.3) is 0 Å². The molecular formula is C19H26N4O4. The molecule has 1 aromatic rings. The Morgan fingerprint density at radius 2 is 1.74 bits per heavy atom. The molecule has 0 bridgehead atoms.